The Hall–Kier alpha value is -2.71. The molecule has 0 aliphatic heterocycles. The van der Waals surface area contributed by atoms with Gasteiger partial charge >= 0.3 is 7.60 Å². The molecule has 4 aromatic carbocycles. The van der Waals surface area contributed by atoms with Crippen LogP contribution < -0.4 is 5.30 Å². The second-order valence-electron chi connectivity index (χ2n) is 6.86. The average Bonchev–Trinajstić information content (AvgIpc) is 2.73. The summed E-state index contributed by atoms with van der Waals surface area (Å²) in [5.41, 5.74) is 2.80. The second kappa shape index (κ2) is 7.73. The predicted molar refractivity (Wildman–Crippen MR) is 114 cm³/mol. The molecule has 28 heavy (non-hydrogen) atoms. The summed E-state index contributed by atoms with van der Waals surface area (Å²) < 4.78 is 18.9. The highest BCUT2D eigenvalue weighted by molar-refractivity contribution is 7.61. The standard InChI is InChI=1S/C24H21O3P/c1-18-11-13-20(14-12-18)24(27-28(25,26)23-9-3-2-4-10-23)22-16-15-19-7-5-6-8-21(19)17-22/h2-17,24H,1H3,(H,25,26). The van der Waals surface area contributed by atoms with E-state index in [1.54, 1.807) is 24.3 Å². The van der Waals surface area contributed by atoms with Gasteiger partial charge in [-0.3, -0.25) is 9.09 Å². The molecule has 2 unspecified atom stereocenters. The predicted octanol–water partition coefficient (Wildman–Crippen LogP) is 5.77. The van der Waals surface area contributed by atoms with Crippen molar-refractivity contribution in [3.05, 3.63) is 114 Å². The van der Waals surface area contributed by atoms with Gasteiger partial charge < -0.3 is 4.89 Å². The fourth-order valence-corrected chi connectivity index (χ4v) is 4.45. The van der Waals surface area contributed by atoms with Gasteiger partial charge in [-0.2, -0.15) is 0 Å². The third-order valence-corrected chi connectivity index (χ3v) is 6.23. The van der Waals surface area contributed by atoms with Crippen molar-refractivity contribution in [1.82, 2.24) is 0 Å². The molecule has 0 spiro atoms. The van der Waals surface area contributed by atoms with Gasteiger partial charge in [0, 0.05) is 0 Å². The normalized spacial score (nSPS) is 14.5. The van der Waals surface area contributed by atoms with E-state index in [1.807, 2.05) is 79.7 Å². The summed E-state index contributed by atoms with van der Waals surface area (Å²) in [6, 6.07) is 30.4. The van der Waals surface area contributed by atoms with Crippen molar-refractivity contribution in [3.8, 4) is 0 Å². The van der Waals surface area contributed by atoms with Crippen LogP contribution in [0.3, 0.4) is 0 Å². The van der Waals surface area contributed by atoms with Gasteiger partial charge in [-0.05, 0) is 47.0 Å². The molecule has 3 nitrogen and oxygen atoms in total. The van der Waals surface area contributed by atoms with E-state index in [1.165, 1.54) is 0 Å². The maximum atomic E-state index is 13.0. The molecule has 0 amide bonds. The van der Waals surface area contributed by atoms with Crippen LogP contribution in [0.25, 0.3) is 10.8 Å². The SMILES string of the molecule is Cc1ccc(C(OP(=O)(O)c2ccccc2)c2ccc3ccccc3c2)cc1. The van der Waals surface area contributed by atoms with Crippen LogP contribution in [-0.4, -0.2) is 4.89 Å². The first kappa shape index (κ1) is 18.6. The van der Waals surface area contributed by atoms with Crippen molar-refractivity contribution in [2.24, 2.45) is 0 Å². The number of rotatable bonds is 5. The zero-order chi connectivity index (χ0) is 19.6. The number of aryl methyl sites for hydroxylation is 1. The van der Waals surface area contributed by atoms with Crippen LogP contribution in [0.5, 0.6) is 0 Å². The van der Waals surface area contributed by atoms with Gasteiger partial charge in [0.25, 0.3) is 0 Å². The Labute approximate surface area is 164 Å². The number of benzene rings is 4. The van der Waals surface area contributed by atoms with Crippen LogP contribution in [0, 0.1) is 6.92 Å². The maximum absolute atomic E-state index is 13.0. The Kier molecular flexibility index (Phi) is 5.15. The molecule has 140 valence electrons. The summed E-state index contributed by atoms with van der Waals surface area (Å²) in [6.45, 7) is 2.01. The highest BCUT2D eigenvalue weighted by atomic mass is 31.2. The van der Waals surface area contributed by atoms with Crippen molar-refractivity contribution < 1.29 is 14.0 Å². The van der Waals surface area contributed by atoms with Crippen molar-refractivity contribution in [1.29, 1.82) is 0 Å². The zero-order valence-corrected chi connectivity index (χ0v) is 16.4. The Morgan fingerprint density at radius 2 is 1.36 bits per heavy atom. The third kappa shape index (κ3) is 3.93. The van der Waals surface area contributed by atoms with Gasteiger partial charge in [0.15, 0.2) is 0 Å². The Morgan fingerprint density at radius 3 is 2.07 bits per heavy atom. The van der Waals surface area contributed by atoms with Crippen LogP contribution in [0.4, 0.5) is 0 Å². The van der Waals surface area contributed by atoms with Gasteiger partial charge in [0.05, 0.1) is 5.30 Å². The summed E-state index contributed by atoms with van der Waals surface area (Å²) >= 11 is 0. The van der Waals surface area contributed by atoms with Crippen LogP contribution >= 0.6 is 7.60 Å². The fourth-order valence-electron chi connectivity index (χ4n) is 3.25. The van der Waals surface area contributed by atoms with E-state index in [-0.39, 0.29) is 5.30 Å². The minimum Gasteiger partial charge on any atom is -0.321 e. The van der Waals surface area contributed by atoms with Crippen molar-refractivity contribution in [3.63, 3.8) is 0 Å². The van der Waals surface area contributed by atoms with Gasteiger partial charge in [-0.15, -0.1) is 0 Å². The number of hydrogen-bond donors (Lipinski definition) is 1. The molecule has 4 aromatic rings. The van der Waals surface area contributed by atoms with Crippen LogP contribution in [-0.2, 0) is 9.09 Å². The highest BCUT2D eigenvalue weighted by Crippen LogP contribution is 2.48. The smallest absolute Gasteiger partial charge is 0.321 e. The minimum atomic E-state index is -4.00. The lowest BCUT2D eigenvalue weighted by Crippen LogP contribution is -2.12. The summed E-state index contributed by atoms with van der Waals surface area (Å²) in [7, 11) is -4.00. The third-order valence-electron chi connectivity index (χ3n) is 4.79. The largest absolute Gasteiger partial charge is 0.359 e. The molecule has 4 heteroatoms. The Bertz CT molecular complexity index is 1140. The summed E-state index contributed by atoms with van der Waals surface area (Å²) in [5.74, 6) is 0. The van der Waals surface area contributed by atoms with E-state index < -0.39 is 13.7 Å². The molecule has 0 radical (unpaired) electrons. The van der Waals surface area contributed by atoms with Gasteiger partial charge in [-0.25, -0.2) is 0 Å². The molecule has 0 aliphatic rings. The zero-order valence-electron chi connectivity index (χ0n) is 15.5. The van der Waals surface area contributed by atoms with Crippen LogP contribution in [0.2, 0.25) is 0 Å². The van der Waals surface area contributed by atoms with E-state index in [0.29, 0.717) is 0 Å². The lowest BCUT2D eigenvalue weighted by Gasteiger charge is -2.23. The molecule has 0 saturated carbocycles. The molecule has 0 aliphatic carbocycles. The molecular formula is C24H21O3P. The molecule has 1 N–H and O–H groups in total. The monoisotopic (exact) mass is 388 g/mol. The molecule has 0 heterocycles. The second-order valence-corrected chi connectivity index (χ2v) is 8.63. The van der Waals surface area contributed by atoms with Crippen LogP contribution in [0.1, 0.15) is 22.8 Å². The van der Waals surface area contributed by atoms with Crippen molar-refractivity contribution in [2.75, 3.05) is 0 Å². The first-order valence-electron chi connectivity index (χ1n) is 9.15. The molecule has 0 saturated heterocycles. The van der Waals surface area contributed by atoms with E-state index in [2.05, 4.69) is 0 Å². The lowest BCUT2D eigenvalue weighted by molar-refractivity contribution is 0.215. The topological polar surface area (TPSA) is 46.5 Å². The Balaban J connectivity index is 1.79. The van der Waals surface area contributed by atoms with E-state index in [9.17, 15) is 9.46 Å². The summed E-state index contributed by atoms with van der Waals surface area (Å²) in [5, 5.41) is 2.46. The Morgan fingerprint density at radius 1 is 0.750 bits per heavy atom. The molecule has 2 atom stereocenters. The van der Waals surface area contributed by atoms with E-state index in [0.717, 1.165) is 27.5 Å². The quantitative estimate of drug-likeness (QED) is 0.442. The average molecular weight is 388 g/mol. The number of fused-ring (bicyclic) bond motifs is 1. The number of hydrogen-bond acceptors (Lipinski definition) is 2. The molecule has 0 aromatic heterocycles. The van der Waals surface area contributed by atoms with Gasteiger partial charge in [-0.1, -0.05) is 84.4 Å². The summed E-state index contributed by atoms with van der Waals surface area (Å²) in [4.78, 5) is 10.7. The molecular weight excluding hydrogens is 367 g/mol. The fraction of sp³-hybridized carbons (Fsp3) is 0.0833. The maximum Gasteiger partial charge on any atom is 0.359 e. The summed E-state index contributed by atoms with van der Waals surface area (Å²) in [6.07, 6.45) is -0.652. The van der Waals surface area contributed by atoms with E-state index in [4.69, 9.17) is 4.52 Å². The van der Waals surface area contributed by atoms with E-state index >= 15 is 0 Å². The van der Waals surface area contributed by atoms with Crippen LogP contribution in [0.15, 0.2) is 97.1 Å². The van der Waals surface area contributed by atoms with Crippen molar-refractivity contribution in [2.45, 2.75) is 13.0 Å². The van der Waals surface area contributed by atoms with Crippen molar-refractivity contribution >= 4 is 23.7 Å². The molecule has 4 rings (SSSR count). The molecule has 0 fully saturated rings. The van der Waals surface area contributed by atoms with Gasteiger partial charge in [0.1, 0.15) is 6.10 Å². The first-order valence-corrected chi connectivity index (χ1v) is 10.7. The minimum absolute atomic E-state index is 0.285. The first-order chi connectivity index (χ1) is 13.5. The lowest BCUT2D eigenvalue weighted by atomic mass is 9.98. The van der Waals surface area contributed by atoms with Gasteiger partial charge in [0.2, 0.25) is 0 Å². The highest BCUT2D eigenvalue weighted by Gasteiger charge is 2.29. The molecule has 0 bridgehead atoms.